The Morgan fingerprint density at radius 2 is 0.852 bits per heavy atom. The first-order valence-electron chi connectivity index (χ1n) is 20.7. The smallest absolute Gasteiger partial charge is 0.164 e. The molecule has 0 atom stereocenters. The molecule has 12 aromatic rings. The van der Waals surface area contributed by atoms with Crippen LogP contribution in [0.3, 0.4) is 0 Å². The number of nitrogens with zero attached hydrogens (tertiary/aromatic N) is 4. The molecule has 0 spiro atoms. The van der Waals surface area contributed by atoms with Crippen LogP contribution >= 0.6 is 0 Å². The summed E-state index contributed by atoms with van der Waals surface area (Å²) in [7, 11) is 0. The molecule has 0 fully saturated rings. The highest BCUT2D eigenvalue weighted by Gasteiger charge is 2.21. The van der Waals surface area contributed by atoms with Crippen LogP contribution in [0.5, 0.6) is 0 Å². The van der Waals surface area contributed by atoms with Gasteiger partial charge in [-0.25, -0.2) is 15.0 Å². The van der Waals surface area contributed by atoms with E-state index in [0.717, 1.165) is 55.4 Å². The fourth-order valence-corrected chi connectivity index (χ4v) is 9.07. The van der Waals surface area contributed by atoms with Gasteiger partial charge in [0.05, 0.1) is 16.7 Å². The lowest BCUT2D eigenvalue weighted by molar-refractivity contribution is 1.07. The molecular formula is C57H36N4. The molecule has 4 nitrogen and oxygen atoms in total. The van der Waals surface area contributed by atoms with Crippen molar-refractivity contribution in [1.82, 2.24) is 19.5 Å². The Morgan fingerprint density at radius 3 is 1.64 bits per heavy atom. The molecule has 61 heavy (non-hydrogen) atoms. The van der Waals surface area contributed by atoms with Gasteiger partial charge in [0.25, 0.3) is 0 Å². The van der Waals surface area contributed by atoms with Crippen molar-refractivity contribution >= 4 is 54.1 Å². The average molecular weight is 777 g/mol. The topological polar surface area (TPSA) is 43.6 Å². The molecule has 0 aliphatic rings. The summed E-state index contributed by atoms with van der Waals surface area (Å²) in [5, 5.41) is 9.51. The Morgan fingerprint density at radius 1 is 0.279 bits per heavy atom. The first-order chi connectivity index (χ1) is 30.2. The second kappa shape index (κ2) is 14.3. The van der Waals surface area contributed by atoms with Gasteiger partial charge in [-0.1, -0.05) is 182 Å². The van der Waals surface area contributed by atoms with Crippen LogP contribution in [-0.2, 0) is 0 Å². The van der Waals surface area contributed by atoms with E-state index in [1.54, 1.807) is 0 Å². The quantitative estimate of drug-likeness (QED) is 0.169. The molecule has 0 radical (unpaired) electrons. The van der Waals surface area contributed by atoms with Crippen LogP contribution in [-0.4, -0.2) is 19.5 Å². The highest BCUT2D eigenvalue weighted by atomic mass is 15.0. The van der Waals surface area contributed by atoms with Crippen molar-refractivity contribution in [3.8, 4) is 62.1 Å². The van der Waals surface area contributed by atoms with E-state index in [4.69, 9.17) is 15.0 Å². The molecule has 0 aliphatic carbocycles. The normalized spacial score (nSPS) is 11.6. The van der Waals surface area contributed by atoms with Crippen LogP contribution < -0.4 is 0 Å². The maximum Gasteiger partial charge on any atom is 0.164 e. The summed E-state index contributed by atoms with van der Waals surface area (Å²) in [5.41, 5.74) is 10.7. The van der Waals surface area contributed by atoms with Crippen molar-refractivity contribution < 1.29 is 0 Å². The maximum atomic E-state index is 5.29. The molecule has 0 aliphatic heterocycles. The van der Waals surface area contributed by atoms with Crippen molar-refractivity contribution in [3.05, 3.63) is 218 Å². The number of hydrogen-bond acceptors (Lipinski definition) is 3. The third-order valence-corrected chi connectivity index (χ3v) is 12.0. The van der Waals surface area contributed by atoms with Gasteiger partial charge in [0.1, 0.15) is 0 Å². The third kappa shape index (κ3) is 5.96. The summed E-state index contributed by atoms with van der Waals surface area (Å²) < 4.78 is 2.48. The van der Waals surface area contributed by atoms with Crippen LogP contribution in [0.4, 0.5) is 0 Å². The highest BCUT2D eigenvalue weighted by molar-refractivity contribution is 6.21. The predicted molar refractivity (Wildman–Crippen MR) is 254 cm³/mol. The largest absolute Gasteiger partial charge is 0.308 e. The molecule has 0 saturated carbocycles. The minimum Gasteiger partial charge on any atom is -0.308 e. The number of benzene rings is 10. The Labute approximate surface area is 352 Å². The molecule has 4 heteroatoms. The molecule has 2 heterocycles. The van der Waals surface area contributed by atoms with E-state index in [2.05, 4.69) is 205 Å². The van der Waals surface area contributed by atoms with Gasteiger partial charge in [0, 0.05) is 38.4 Å². The van der Waals surface area contributed by atoms with Crippen molar-refractivity contribution in [2.45, 2.75) is 0 Å². The molecular weight excluding hydrogens is 741 g/mol. The van der Waals surface area contributed by atoms with E-state index < -0.39 is 0 Å². The summed E-state index contributed by atoms with van der Waals surface area (Å²) in [6.45, 7) is 0. The van der Waals surface area contributed by atoms with Crippen LogP contribution in [0.25, 0.3) is 116 Å². The minimum atomic E-state index is 0.613. The maximum absolute atomic E-state index is 5.29. The molecule has 2 aromatic heterocycles. The number of aromatic nitrogens is 4. The average Bonchev–Trinajstić information content (AvgIpc) is 3.66. The fraction of sp³-hybridized carbons (Fsp3) is 0. The van der Waals surface area contributed by atoms with Crippen molar-refractivity contribution in [2.24, 2.45) is 0 Å². The van der Waals surface area contributed by atoms with Crippen LogP contribution in [0.2, 0.25) is 0 Å². The van der Waals surface area contributed by atoms with Crippen molar-refractivity contribution in [1.29, 1.82) is 0 Å². The monoisotopic (exact) mass is 776 g/mol. The van der Waals surface area contributed by atoms with Gasteiger partial charge in [-0.15, -0.1) is 0 Å². The molecule has 0 saturated heterocycles. The van der Waals surface area contributed by atoms with Gasteiger partial charge < -0.3 is 4.57 Å². The van der Waals surface area contributed by atoms with E-state index in [9.17, 15) is 0 Å². The second-order valence-electron chi connectivity index (χ2n) is 15.6. The third-order valence-electron chi connectivity index (χ3n) is 12.0. The van der Waals surface area contributed by atoms with E-state index >= 15 is 0 Å². The zero-order chi connectivity index (χ0) is 40.3. The first-order valence-corrected chi connectivity index (χ1v) is 20.7. The standard InChI is InChI=1S/C57H36N4/c1-3-15-37(16-4-1)41-24-13-25-44(33-41)50-35-45(56-58-55(40-19-5-2-6-20-40)59-57(60-56)49-28-14-23-38-17-9-11-26-46(38)49)30-32-52(50)61-53-36-43-22-8-7-21-42(43)34-51(53)48-31-29-39-18-10-12-27-47(39)54(48)61/h1-36H. The molecule has 10 aromatic carbocycles. The van der Waals surface area contributed by atoms with Gasteiger partial charge in [0.15, 0.2) is 17.5 Å². The van der Waals surface area contributed by atoms with Crippen LogP contribution in [0.15, 0.2) is 218 Å². The summed E-state index contributed by atoms with van der Waals surface area (Å²) >= 11 is 0. The van der Waals surface area contributed by atoms with Crippen LogP contribution in [0.1, 0.15) is 0 Å². The predicted octanol–water partition coefficient (Wildman–Crippen LogP) is 14.8. The highest BCUT2D eigenvalue weighted by Crippen LogP contribution is 2.42. The number of hydrogen-bond donors (Lipinski definition) is 0. The Kier molecular flexibility index (Phi) is 8.13. The molecule has 0 bridgehead atoms. The Hall–Kier alpha value is -8.21. The molecule has 0 unspecified atom stereocenters. The molecule has 284 valence electrons. The lowest BCUT2D eigenvalue weighted by Gasteiger charge is -2.18. The fourth-order valence-electron chi connectivity index (χ4n) is 9.07. The molecule has 12 rings (SSSR count). The Balaban J connectivity index is 1.16. The van der Waals surface area contributed by atoms with Gasteiger partial charge in [-0.05, 0) is 80.0 Å². The van der Waals surface area contributed by atoms with Gasteiger partial charge >= 0.3 is 0 Å². The SMILES string of the molecule is c1ccc(-c2cccc(-c3cc(-c4nc(-c5ccccc5)nc(-c5cccc6ccccc56)n4)ccc3-n3c4cc5ccccc5cc4c4ccc5ccccc5c43)c2)cc1. The van der Waals surface area contributed by atoms with Gasteiger partial charge in [-0.2, -0.15) is 0 Å². The zero-order valence-electron chi connectivity index (χ0n) is 33.1. The second-order valence-corrected chi connectivity index (χ2v) is 15.6. The summed E-state index contributed by atoms with van der Waals surface area (Å²) in [6, 6.07) is 77.8. The lowest BCUT2D eigenvalue weighted by atomic mass is 9.96. The Bertz CT molecular complexity index is 3640. The van der Waals surface area contributed by atoms with E-state index in [1.165, 1.54) is 43.4 Å². The van der Waals surface area contributed by atoms with Crippen LogP contribution in [0, 0.1) is 0 Å². The van der Waals surface area contributed by atoms with E-state index in [0.29, 0.717) is 17.5 Å². The van der Waals surface area contributed by atoms with Crippen molar-refractivity contribution in [2.75, 3.05) is 0 Å². The van der Waals surface area contributed by atoms with Gasteiger partial charge in [0.2, 0.25) is 0 Å². The summed E-state index contributed by atoms with van der Waals surface area (Å²) in [6.07, 6.45) is 0. The summed E-state index contributed by atoms with van der Waals surface area (Å²) in [5.74, 6) is 1.88. The van der Waals surface area contributed by atoms with Gasteiger partial charge in [-0.3, -0.25) is 0 Å². The molecule has 0 amide bonds. The number of rotatable bonds is 6. The first kappa shape index (κ1) is 34.8. The van der Waals surface area contributed by atoms with E-state index in [1.807, 2.05) is 18.2 Å². The molecule has 0 N–H and O–H groups in total. The summed E-state index contributed by atoms with van der Waals surface area (Å²) in [4.78, 5) is 15.6. The van der Waals surface area contributed by atoms with E-state index in [-0.39, 0.29) is 0 Å². The zero-order valence-corrected chi connectivity index (χ0v) is 33.1. The lowest BCUT2D eigenvalue weighted by Crippen LogP contribution is -2.02. The minimum absolute atomic E-state index is 0.613. The van der Waals surface area contributed by atoms with Crippen molar-refractivity contribution in [3.63, 3.8) is 0 Å². The number of fused-ring (bicyclic) bond motifs is 7.